The molecule has 8 aromatic carbocycles. The number of fused-ring (bicyclic) bond motifs is 9. The summed E-state index contributed by atoms with van der Waals surface area (Å²) < 4.78 is 10.4. The maximum Gasteiger partial charge on any atom is 0.344 e. The van der Waals surface area contributed by atoms with Gasteiger partial charge in [0.15, 0.2) is 0 Å². The molecule has 0 saturated carbocycles. The Balaban J connectivity index is 1.05. The van der Waals surface area contributed by atoms with Crippen molar-refractivity contribution in [2.75, 3.05) is 0 Å². The Morgan fingerprint density at radius 2 is 0.811 bits per heavy atom. The highest BCUT2D eigenvalue weighted by atomic mass is 16.4. The predicted molar refractivity (Wildman–Crippen MR) is 220 cm³/mol. The molecule has 248 valence electrons. The van der Waals surface area contributed by atoms with E-state index in [1.807, 2.05) is 36.4 Å². The minimum absolute atomic E-state index is 0.323. The van der Waals surface area contributed by atoms with E-state index in [1.54, 1.807) is 0 Å². The average molecular weight is 679 g/mol. The summed E-state index contributed by atoms with van der Waals surface area (Å²) in [6, 6.07) is 63.9. The van der Waals surface area contributed by atoms with Crippen LogP contribution in [0.5, 0.6) is 0 Å². The molecule has 0 aliphatic carbocycles. The molecule has 0 radical (unpaired) electrons. The molecule has 0 unspecified atom stereocenters. The number of rotatable bonds is 4. The van der Waals surface area contributed by atoms with Crippen LogP contribution in [0, 0.1) is 0 Å². The summed E-state index contributed by atoms with van der Waals surface area (Å²) in [5.41, 5.74) is 11.5. The lowest BCUT2D eigenvalue weighted by molar-refractivity contribution is 0.569. The second-order valence-electron chi connectivity index (χ2n) is 13.7. The monoisotopic (exact) mass is 678 g/mol. The third kappa shape index (κ3) is 4.52. The second-order valence-corrected chi connectivity index (χ2v) is 13.7. The van der Waals surface area contributed by atoms with Crippen LogP contribution in [0.15, 0.2) is 191 Å². The lowest BCUT2D eigenvalue weighted by atomic mass is 10.00. The largest absolute Gasteiger partial charge is 0.422 e. The molecule has 0 amide bonds. The van der Waals surface area contributed by atoms with Gasteiger partial charge in [-0.15, -0.1) is 0 Å². The van der Waals surface area contributed by atoms with E-state index in [9.17, 15) is 4.79 Å². The van der Waals surface area contributed by atoms with Gasteiger partial charge < -0.3 is 13.6 Å². The minimum Gasteiger partial charge on any atom is -0.422 e. The fourth-order valence-corrected chi connectivity index (χ4v) is 8.32. The summed E-state index contributed by atoms with van der Waals surface area (Å²) in [6.07, 6.45) is 0. The van der Waals surface area contributed by atoms with Gasteiger partial charge in [0, 0.05) is 38.3 Å². The van der Waals surface area contributed by atoms with Gasteiger partial charge in [-0.2, -0.15) is 0 Å². The van der Waals surface area contributed by atoms with E-state index >= 15 is 0 Å². The summed E-state index contributed by atoms with van der Waals surface area (Å²) >= 11 is 0. The number of aromatic nitrogens is 2. The Morgan fingerprint density at radius 3 is 1.49 bits per heavy atom. The maximum atomic E-state index is 13.1. The van der Waals surface area contributed by atoms with Gasteiger partial charge in [0.25, 0.3) is 0 Å². The standard InChI is InChI=1S/C49H30N2O2/c52-49-43-30-32(21-24-37(43)40-17-6-9-20-48(40)53-49)31-11-10-14-36(27-31)51-45-19-8-5-16-39(45)42-29-34(23-26-47(42)51)33-22-25-46-41(28-33)38-15-4-7-18-44(38)50(46)35-12-2-1-3-13-35/h1-30H. The fraction of sp³-hybridized carbons (Fsp3) is 0. The zero-order valence-corrected chi connectivity index (χ0v) is 28.5. The quantitative estimate of drug-likeness (QED) is 0.137. The van der Waals surface area contributed by atoms with Crippen LogP contribution in [0.25, 0.3) is 99.0 Å². The summed E-state index contributed by atoms with van der Waals surface area (Å²) in [7, 11) is 0. The number of hydrogen-bond donors (Lipinski definition) is 0. The first-order chi connectivity index (χ1) is 26.2. The Bertz CT molecular complexity index is 3310. The molecule has 3 heterocycles. The zero-order valence-electron chi connectivity index (χ0n) is 28.5. The third-order valence-electron chi connectivity index (χ3n) is 10.7. The van der Waals surface area contributed by atoms with Gasteiger partial charge in [0.05, 0.1) is 27.5 Å². The van der Waals surface area contributed by atoms with Crippen LogP contribution in [0.3, 0.4) is 0 Å². The van der Waals surface area contributed by atoms with Gasteiger partial charge in [-0.1, -0.05) is 109 Å². The van der Waals surface area contributed by atoms with E-state index in [0.717, 1.165) is 44.3 Å². The fourth-order valence-electron chi connectivity index (χ4n) is 8.32. The Morgan fingerprint density at radius 1 is 0.321 bits per heavy atom. The molecule has 4 nitrogen and oxygen atoms in total. The van der Waals surface area contributed by atoms with Gasteiger partial charge >= 0.3 is 5.63 Å². The summed E-state index contributed by atoms with van der Waals surface area (Å²) in [4.78, 5) is 13.1. The van der Waals surface area contributed by atoms with Crippen LogP contribution in [0.2, 0.25) is 0 Å². The number of benzene rings is 8. The Kier molecular flexibility index (Phi) is 6.37. The summed E-state index contributed by atoms with van der Waals surface area (Å²) in [5.74, 6) is 0. The Hall–Kier alpha value is -7.17. The zero-order chi connectivity index (χ0) is 35.0. The minimum atomic E-state index is -0.323. The van der Waals surface area contributed by atoms with Crippen molar-refractivity contribution < 1.29 is 4.42 Å². The van der Waals surface area contributed by atoms with Gasteiger partial charge in [-0.3, -0.25) is 0 Å². The molecule has 0 fully saturated rings. The molecule has 0 saturated heterocycles. The van der Waals surface area contributed by atoms with Crippen molar-refractivity contribution in [2.24, 2.45) is 0 Å². The third-order valence-corrected chi connectivity index (χ3v) is 10.7. The van der Waals surface area contributed by atoms with E-state index in [1.165, 1.54) is 43.7 Å². The number of hydrogen-bond acceptors (Lipinski definition) is 2. The van der Waals surface area contributed by atoms with Crippen molar-refractivity contribution >= 4 is 65.4 Å². The van der Waals surface area contributed by atoms with Gasteiger partial charge in [-0.05, 0) is 100 Å². The second kappa shape index (κ2) is 11.4. The van der Waals surface area contributed by atoms with Crippen molar-refractivity contribution in [3.05, 3.63) is 192 Å². The smallest absolute Gasteiger partial charge is 0.344 e. The van der Waals surface area contributed by atoms with Crippen molar-refractivity contribution in [3.63, 3.8) is 0 Å². The van der Waals surface area contributed by atoms with Crippen LogP contribution in [0.4, 0.5) is 0 Å². The lowest BCUT2D eigenvalue weighted by Gasteiger charge is -2.11. The van der Waals surface area contributed by atoms with E-state index in [4.69, 9.17) is 4.42 Å². The highest BCUT2D eigenvalue weighted by Gasteiger charge is 2.17. The molecule has 0 bridgehead atoms. The SMILES string of the molecule is O=c1oc2ccccc2c2ccc(-c3cccc(-n4c5ccccc5c5cc(-c6ccc7c(c6)c6ccccc6n7-c6ccccc6)ccc54)c3)cc12. The van der Waals surface area contributed by atoms with Gasteiger partial charge in [0.1, 0.15) is 5.58 Å². The molecular formula is C49H30N2O2. The van der Waals surface area contributed by atoms with Gasteiger partial charge in [-0.25, -0.2) is 4.79 Å². The molecule has 0 aliphatic heterocycles. The van der Waals surface area contributed by atoms with Crippen molar-refractivity contribution in [1.82, 2.24) is 9.13 Å². The highest BCUT2D eigenvalue weighted by Crippen LogP contribution is 2.39. The molecule has 53 heavy (non-hydrogen) atoms. The lowest BCUT2D eigenvalue weighted by Crippen LogP contribution is -2.00. The molecule has 11 rings (SSSR count). The van der Waals surface area contributed by atoms with E-state index in [-0.39, 0.29) is 5.63 Å². The van der Waals surface area contributed by atoms with Crippen molar-refractivity contribution in [1.29, 1.82) is 0 Å². The normalized spacial score (nSPS) is 11.8. The van der Waals surface area contributed by atoms with Crippen LogP contribution < -0.4 is 5.63 Å². The number of para-hydroxylation sites is 4. The summed E-state index contributed by atoms with van der Waals surface area (Å²) in [5, 5.41) is 7.30. The predicted octanol–water partition coefficient (Wildman–Crippen LogP) is 12.5. The van der Waals surface area contributed by atoms with Crippen LogP contribution in [-0.4, -0.2) is 9.13 Å². The summed E-state index contributed by atoms with van der Waals surface area (Å²) in [6.45, 7) is 0. The molecule has 0 atom stereocenters. The molecule has 0 aliphatic rings. The molecule has 4 heteroatoms. The molecule has 0 spiro atoms. The average Bonchev–Trinajstić information content (AvgIpc) is 3.73. The van der Waals surface area contributed by atoms with Crippen LogP contribution in [-0.2, 0) is 0 Å². The maximum absolute atomic E-state index is 13.1. The first-order valence-corrected chi connectivity index (χ1v) is 17.9. The van der Waals surface area contributed by atoms with Crippen molar-refractivity contribution in [2.45, 2.75) is 0 Å². The van der Waals surface area contributed by atoms with E-state index < -0.39 is 0 Å². The Labute approximate surface area is 304 Å². The highest BCUT2D eigenvalue weighted by molar-refractivity contribution is 6.13. The van der Waals surface area contributed by atoms with Crippen LogP contribution >= 0.6 is 0 Å². The molecule has 11 aromatic rings. The van der Waals surface area contributed by atoms with Gasteiger partial charge in [0.2, 0.25) is 0 Å². The van der Waals surface area contributed by atoms with E-state index in [0.29, 0.717) is 11.0 Å². The first-order valence-electron chi connectivity index (χ1n) is 17.9. The molecule has 3 aromatic heterocycles. The number of nitrogens with zero attached hydrogens (tertiary/aromatic N) is 2. The molecule has 0 N–H and O–H groups in total. The van der Waals surface area contributed by atoms with Crippen molar-refractivity contribution in [3.8, 4) is 33.6 Å². The first kappa shape index (κ1) is 29.5. The van der Waals surface area contributed by atoms with Crippen LogP contribution in [0.1, 0.15) is 0 Å². The van der Waals surface area contributed by atoms with E-state index in [2.05, 4.69) is 155 Å². The topological polar surface area (TPSA) is 40.1 Å². The molecular weight excluding hydrogens is 649 g/mol.